The molecule has 1 aliphatic rings. The average molecular weight is 383 g/mol. The highest BCUT2D eigenvalue weighted by molar-refractivity contribution is 7.17. The van der Waals surface area contributed by atoms with Gasteiger partial charge in [-0.2, -0.15) is 0 Å². The van der Waals surface area contributed by atoms with Crippen LogP contribution in [0.15, 0.2) is 35.3 Å². The first-order valence-corrected chi connectivity index (χ1v) is 9.43. The van der Waals surface area contributed by atoms with Gasteiger partial charge >= 0.3 is 5.97 Å². The van der Waals surface area contributed by atoms with Gasteiger partial charge in [0.1, 0.15) is 5.56 Å². The Morgan fingerprint density at radius 2 is 1.96 bits per heavy atom. The molecule has 2 heterocycles. The van der Waals surface area contributed by atoms with Gasteiger partial charge in [-0.05, 0) is 37.8 Å². The van der Waals surface area contributed by atoms with Crippen LogP contribution in [0.25, 0.3) is 4.96 Å². The summed E-state index contributed by atoms with van der Waals surface area (Å²) < 4.78 is 6.29. The number of hydrogen-bond acceptors (Lipinski definition) is 6. The summed E-state index contributed by atoms with van der Waals surface area (Å²) in [5, 5.41) is 2.63. The molecular formula is C19H17N3O4S. The zero-order chi connectivity index (χ0) is 19.0. The van der Waals surface area contributed by atoms with Crippen LogP contribution in [-0.2, 0) is 17.6 Å². The van der Waals surface area contributed by atoms with Gasteiger partial charge in [0.05, 0.1) is 18.4 Å². The lowest BCUT2D eigenvalue weighted by Crippen LogP contribution is -2.28. The van der Waals surface area contributed by atoms with Crippen molar-refractivity contribution < 1.29 is 14.3 Å². The Hall–Kier alpha value is -3.00. The molecule has 1 aromatic carbocycles. The molecule has 0 aliphatic heterocycles. The van der Waals surface area contributed by atoms with Gasteiger partial charge in [0.15, 0.2) is 4.96 Å². The van der Waals surface area contributed by atoms with Gasteiger partial charge in [-0.15, -0.1) is 11.3 Å². The lowest BCUT2D eigenvalue weighted by molar-refractivity contribution is 0.0602. The summed E-state index contributed by atoms with van der Waals surface area (Å²) in [7, 11) is 1.27. The molecule has 0 radical (unpaired) electrons. The number of ether oxygens (including phenoxy) is 1. The molecule has 1 N–H and O–H groups in total. The molecule has 0 unspecified atom stereocenters. The number of nitrogens with one attached hydrogen (secondary N) is 1. The molecule has 8 heteroatoms. The van der Waals surface area contributed by atoms with Gasteiger partial charge in [-0.3, -0.25) is 14.0 Å². The lowest BCUT2D eigenvalue weighted by atomic mass is 10.0. The Labute approximate surface area is 158 Å². The molecule has 0 bridgehead atoms. The van der Waals surface area contributed by atoms with Gasteiger partial charge < -0.3 is 10.1 Å². The number of rotatable bonds is 3. The van der Waals surface area contributed by atoms with Crippen molar-refractivity contribution in [3.05, 3.63) is 62.5 Å². The number of hydrogen-bond donors (Lipinski definition) is 1. The second-order valence-electron chi connectivity index (χ2n) is 6.27. The minimum atomic E-state index is -0.603. The SMILES string of the molecule is COC(=O)c1ccccc1NC(=O)c1cnc2sc3c(n2c1=O)CCCC3. The third-order valence-corrected chi connectivity index (χ3v) is 5.78. The maximum Gasteiger partial charge on any atom is 0.339 e. The first-order valence-electron chi connectivity index (χ1n) is 8.61. The third kappa shape index (κ3) is 3.02. The Bertz CT molecular complexity index is 1120. The van der Waals surface area contributed by atoms with Crippen molar-refractivity contribution in [2.24, 2.45) is 0 Å². The van der Waals surface area contributed by atoms with Crippen LogP contribution in [0.1, 0.15) is 44.1 Å². The molecule has 0 saturated heterocycles. The summed E-state index contributed by atoms with van der Waals surface area (Å²) >= 11 is 1.51. The zero-order valence-electron chi connectivity index (χ0n) is 14.7. The van der Waals surface area contributed by atoms with Gasteiger partial charge in [0, 0.05) is 16.8 Å². The first-order chi connectivity index (χ1) is 13.1. The molecule has 138 valence electrons. The Morgan fingerprint density at radius 3 is 2.78 bits per heavy atom. The van der Waals surface area contributed by atoms with Crippen molar-refractivity contribution in [2.45, 2.75) is 25.7 Å². The molecule has 1 aliphatic carbocycles. The number of methoxy groups -OCH3 is 1. The maximum atomic E-state index is 12.9. The summed E-state index contributed by atoms with van der Waals surface area (Å²) in [4.78, 5) is 43.6. The van der Waals surface area contributed by atoms with E-state index in [9.17, 15) is 14.4 Å². The third-order valence-electron chi connectivity index (χ3n) is 4.63. The fourth-order valence-corrected chi connectivity index (χ4v) is 4.46. The van der Waals surface area contributed by atoms with Crippen LogP contribution in [-0.4, -0.2) is 28.4 Å². The van der Waals surface area contributed by atoms with Crippen LogP contribution in [0.3, 0.4) is 0 Å². The molecule has 0 saturated carbocycles. The summed E-state index contributed by atoms with van der Waals surface area (Å²) in [6, 6.07) is 6.48. The monoisotopic (exact) mass is 383 g/mol. The number of esters is 1. The van der Waals surface area contributed by atoms with Gasteiger partial charge in [-0.1, -0.05) is 12.1 Å². The Balaban J connectivity index is 1.73. The molecule has 0 atom stereocenters. The second kappa shape index (κ2) is 6.96. The number of benzene rings is 1. The zero-order valence-corrected chi connectivity index (χ0v) is 15.5. The summed E-state index contributed by atoms with van der Waals surface area (Å²) in [6.07, 6.45) is 5.18. The number of nitrogens with zero attached hydrogens (tertiary/aromatic N) is 2. The van der Waals surface area contributed by atoms with E-state index in [-0.39, 0.29) is 22.4 Å². The minimum absolute atomic E-state index is 0.0571. The van der Waals surface area contributed by atoms with E-state index in [1.165, 1.54) is 29.5 Å². The van der Waals surface area contributed by atoms with Crippen molar-refractivity contribution >= 4 is 33.9 Å². The van der Waals surface area contributed by atoms with Crippen LogP contribution < -0.4 is 10.9 Å². The normalized spacial score (nSPS) is 13.2. The van der Waals surface area contributed by atoms with Crippen LogP contribution in [0.4, 0.5) is 5.69 Å². The second-order valence-corrected chi connectivity index (χ2v) is 7.33. The van der Waals surface area contributed by atoms with Gasteiger partial charge in [0.25, 0.3) is 11.5 Å². The number of aryl methyl sites for hydroxylation is 2. The topological polar surface area (TPSA) is 89.8 Å². The number of carbonyl (C=O) groups excluding carboxylic acids is 2. The van der Waals surface area contributed by atoms with E-state index < -0.39 is 11.9 Å². The minimum Gasteiger partial charge on any atom is -0.465 e. The molecule has 3 aromatic rings. The predicted molar refractivity (Wildman–Crippen MR) is 102 cm³/mol. The van der Waals surface area contributed by atoms with Crippen molar-refractivity contribution in [3.63, 3.8) is 0 Å². The highest BCUT2D eigenvalue weighted by Gasteiger charge is 2.22. The van der Waals surface area contributed by atoms with Crippen LogP contribution >= 0.6 is 11.3 Å². The average Bonchev–Trinajstić information content (AvgIpc) is 3.07. The van der Waals surface area contributed by atoms with Gasteiger partial charge in [-0.25, -0.2) is 9.78 Å². The van der Waals surface area contributed by atoms with Crippen molar-refractivity contribution in [1.29, 1.82) is 0 Å². The highest BCUT2D eigenvalue weighted by Crippen LogP contribution is 2.28. The van der Waals surface area contributed by atoms with E-state index in [4.69, 9.17) is 4.74 Å². The smallest absolute Gasteiger partial charge is 0.339 e. The van der Waals surface area contributed by atoms with E-state index >= 15 is 0 Å². The van der Waals surface area contributed by atoms with Crippen molar-refractivity contribution in [1.82, 2.24) is 9.38 Å². The number of fused-ring (bicyclic) bond motifs is 3. The number of aromatic nitrogens is 2. The standard InChI is InChI=1S/C19H17N3O4S/c1-26-18(25)11-6-2-3-7-13(11)21-16(23)12-10-20-19-22(17(12)24)14-8-4-5-9-15(14)27-19/h2-3,6-7,10H,4-5,8-9H2,1H3,(H,21,23). The molecule has 4 rings (SSSR count). The quantitative estimate of drug-likeness (QED) is 0.703. The van der Waals surface area contributed by atoms with E-state index in [0.717, 1.165) is 31.4 Å². The number of anilines is 1. The van der Waals surface area contributed by atoms with E-state index in [2.05, 4.69) is 10.3 Å². The maximum absolute atomic E-state index is 12.9. The summed E-state index contributed by atoms with van der Waals surface area (Å²) in [5.74, 6) is -1.17. The molecular weight excluding hydrogens is 366 g/mol. The van der Waals surface area contributed by atoms with Crippen LogP contribution in [0.5, 0.6) is 0 Å². The van der Waals surface area contributed by atoms with Crippen LogP contribution in [0.2, 0.25) is 0 Å². The molecule has 1 amide bonds. The fourth-order valence-electron chi connectivity index (χ4n) is 3.29. The molecule has 0 fully saturated rings. The molecule has 27 heavy (non-hydrogen) atoms. The molecule has 7 nitrogen and oxygen atoms in total. The number of para-hydroxylation sites is 1. The highest BCUT2D eigenvalue weighted by atomic mass is 32.1. The molecule has 0 spiro atoms. The summed E-state index contributed by atoms with van der Waals surface area (Å²) in [5.41, 5.74) is 1.02. The Morgan fingerprint density at radius 1 is 1.19 bits per heavy atom. The molecule has 2 aromatic heterocycles. The van der Waals surface area contributed by atoms with Crippen molar-refractivity contribution in [2.75, 3.05) is 12.4 Å². The lowest BCUT2D eigenvalue weighted by Gasteiger charge is -2.11. The summed E-state index contributed by atoms with van der Waals surface area (Å²) in [6.45, 7) is 0. The number of thiazole rings is 1. The van der Waals surface area contributed by atoms with E-state index in [1.807, 2.05) is 0 Å². The fraction of sp³-hybridized carbons (Fsp3) is 0.263. The first kappa shape index (κ1) is 17.4. The Kier molecular flexibility index (Phi) is 4.49. The number of amides is 1. The van der Waals surface area contributed by atoms with Gasteiger partial charge in [0.2, 0.25) is 0 Å². The predicted octanol–water partition coefficient (Wildman–Crippen LogP) is 2.67. The van der Waals surface area contributed by atoms with Crippen molar-refractivity contribution in [3.8, 4) is 0 Å². The number of carbonyl (C=O) groups is 2. The largest absolute Gasteiger partial charge is 0.465 e. The van der Waals surface area contributed by atoms with Crippen LogP contribution in [0, 0.1) is 0 Å². The van der Waals surface area contributed by atoms with E-state index in [0.29, 0.717) is 4.96 Å². The van der Waals surface area contributed by atoms with E-state index in [1.54, 1.807) is 28.7 Å².